The Bertz CT molecular complexity index is 570. The fraction of sp³-hybridized carbons (Fsp3) is 0.188. The standard InChI is InChI=1S/C16H15NO2/c1-17(13-8-3-2-4-9-13)16(18)15-11-12-7-5-6-10-14(12)19-15/h2-10,15H,11H2,1H3. The van der Waals surface area contributed by atoms with Crippen molar-refractivity contribution in [3.63, 3.8) is 0 Å². The van der Waals surface area contributed by atoms with E-state index in [1.807, 2.05) is 54.6 Å². The van der Waals surface area contributed by atoms with Gasteiger partial charge in [0.25, 0.3) is 5.91 Å². The molecule has 0 N–H and O–H groups in total. The molecule has 2 aromatic carbocycles. The molecule has 1 amide bonds. The maximum absolute atomic E-state index is 12.4. The average molecular weight is 253 g/mol. The van der Waals surface area contributed by atoms with Crippen molar-refractivity contribution in [3.8, 4) is 5.75 Å². The first-order chi connectivity index (χ1) is 9.25. The van der Waals surface area contributed by atoms with Gasteiger partial charge in [-0.05, 0) is 23.8 Å². The van der Waals surface area contributed by atoms with Gasteiger partial charge in [0, 0.05) is 19.2 Å². The third-order valence-electron chi connectivity index (χ3n) is 3.40. The lowest BCUT2D eigenvalue weighted by Crippen LogP contribution is -2.39. The summed E-state index contributed by atoms with van der Waals surface area (Å²) in [6.45, 7) is 0. The van der Waals surface area contributed by atoms with E-state index in [-0.39, 0.29) is 5.91 Å². The SMILES string of the molecule is CN(C(=O)C1Cc2ccccc2O1)c1ccccc1. The van der Waals surface area contributed by atoms with Gasteiger partial charge in [-0.3, -0.25) is 4.79 Å². The van der Waals surface area contributed by atoms with Gasteiger partial charge in [0.1, 0.15) is 5.75 Å². The summed E-state index contributed by atoms with van der Waals surface area (Å²) < 4.78 is 5.72. The predicted octanol–water partition coefficient (Wildman–Crippen LogP) is 2.65. The van der Waals surface area contributed by atoms with Gasteiger partial charge >= 0.3 is 0 Å². The Balaban J connectivity index is 1.77. The van der Waals surface area contributed by atoms with Gasteiger partial charge in [0.2, 0.25) is 0 Å². The summed E-state index contributed by atoms with van der Waals surface area (Å²) in [5.74, 6) is 0.810. The molecule has 1 unspecified atom stereocenters. The molecular formula is C16H15NO2. The van der Waals surface area contributed by atoms with Crippen LogP contribution in [0.25, 0.3) is 0 Å². The number of carbonyl (C=O) groups is 1. The van der Waals surface area contributed by atoms with Crippen LogP contribution in [0.15, 0.2) is 54.6 Å². The third-order valence-corrected chi connectivity index (χ3v) is 3.40. The number of carbonyl (C=O) groups excluding carboxylic acids is 1. The van der Waals surface area contributed by atoms with Gasteiger partial charge in [-0.2, -0.15) is 0 Å². The van der Waals surface area contributed by atoms with E-state index in [1.54, 1.807) is 11.9 Å². The Labute approximate surface area is 112 Å². The lowest BCUT2D eigenvalue weighted by atomic mass is 10.1. The summed E-state index contributed by atoms with van der Waals surface area (Å²) in [7, 11) is 1.78. The topological polar surface area (TPSA) is 29.5 Å². The van der Waals surface area contributed by atoms with Gasteiger partial charge in [0.05, 0.1) is 0 Å². The summed E-state index contributed by atoms with van der Waals surface area (Å²) in [6, 6.07) is 17.4. The van der Waals surface area contributed by atoms with E-state index in [0.29, 0.717) is 6.42 Å². The zero-order chi connectivity index (χ0) is 13.2. The molecule has 1 heterocycles. The summed E-state index contributed by atoms with van der Waals surface area (Å²) in [5.41, 5.74) is 1.98. The van der Waals surface area contributed by atoms with Crippen LogP contribution in [-0.4, -0.2) is 19.1 Å². The van der Waals surface area contributed by atoms with Gasteiger partial charge in [-0.25, -0.2) is 0 Å². The largest absolute Gasteiger partial charge is 0.480 e. The molecule has 0 radical (unpaired) electrons. The quantitative estimate of drug-likeness (QED) is 0.823. The molecule has 0 saturated heterocycles. The van der Waals surface area contributed by atoms with Crippen LogP contribution < -0.4 is 9.64 Å². The molecular weight excluding hydrogens is 238 g/mol. The Hall–Kier alpha value is -2.29. The van der Waals surface area contributed by atoms with Crippen LogP contribution in [0.4, 0.5) is 5.69 Å². The highest BCUT2D eigenvalue weighted by Crippen LogP contribution is 2.29. The third kappa shape index (κ3) is 2.19. The van der Waals surface area contributed by atoms with Crippen molar-refractivity contribution in [1.82, 2.24) is 0 Å². The van der Waals surface area contributed by atoms with Gasteiger partial charge in [-0.15, -0.1) is 0 Å². The maximum atomic E-state index is 12.4. The van der Waals surface area contributed by atoms with E-state index in [9.17, 15) is 4.79 Å². The van der Waals surface area contributed by atoms with Crippen LogP contribution >= 0.6 is 0 Å². The van der Waals surface area contributed by atoms with E-state index < -0.39 is 6.10 Å². The summed E-state index contributed by atoms with van der Waals surface area (Å²) >= 11 is 0. The number of amides is 1. The van der Waals surface area contributed by atoms with Crippen molar-refractivity contribution in [1.29, 1.82) is 0 Å². The second kappa shape index (κ2) is 4.76. The van der Waals surface area contributed by atoms with Crippen molar-refractivity contribution < 1.29 is 9.53 Å². The molecule has 0 spiro atoms. The molecule has 1 aliphatic rings. The van der Waals surface area contributed by atoms with Crippen molar-refractivity contribution in [2.75, 3.05) is 11.9 Å². The number of hydrogen-bond acceptors (Lipinski definition) is 2. The minimum absolute atomic E-state index is 0.0117. The van der Waals surface area contributed by atoms with Crippen LogP contribution in [0.5, 0.6) is 5.75 Å². The highest BCUT2D eigenvalue weighted by atomic mass is 16.5. The first-order valence-corrected chi connectivity index (χ1v) is 6.33. The Morgan fingerprint density at radius 2 is 1.79 bits per heavy atom. The molecule has 0 fully saturated rings. The number of rotatable bonds is 2. The van der Waals surface area contributed by atoms with Gasteiger partial charge < -0.3 is 9.64 Å². The summed E-state index contributed by atoms with van der Waals surface area (Å²) in [6.07, 6.45) is 0.231. The molecule has 19 heavy (non-hydrogen) atoms. The predicted molar refractivity (Wildman–Crippen MR) is 74.4 cm³/mol. The average Bonchev–Trinajstić information content (AvgIpc) is 2.90. The van der Waals surface area contributed by atoms with Crippen molar-refractivity contribution in [3.05, 3.63) is 60.2 Å². The molecule has 2 aromatic rings. The Morgan fingerprint density at radius 3 is 2.53 bits per heavy atom. The normalized spacial score (nSPS) is 16.6. The van der Waals surface area contributed by atoms with E-state index in [4.69, 9.17) is 4.74 Å². The Morgan fingerprint density at radius 1 is 1.11 bits per heavy atom. The lowest BCUT2D eigenvalue weighted by molar-refractivity contribution is -0.124. The number of ether oxygens (including phenoxy) is 1. The Kier molecular flexibility index (Phi) is 2.95. The van der Waals surface area contributed by atoms with Crippen LogP contribution in [0.1, 0.15) is 5.56 Å². The minimum Gasteiger partial charge on any atom is -0.480 e. The number of benzene rings is 2. The highest BCUT2D eigenvalue weighted by Gasteiger charge is 2.31. The molecule has 3 rings (SSSR count). The van der Waals surface area contributed by atoms with Crippen molar-refractivity contribution in [2.45, 2.75) is 12.5 Å². The first kappa shape index (κ1) is 11.8. The van der Waals surface area contributed by atoms with Gasteiger partial charge in [0.15, 0.2) is 6.10 Å². The maximum Gasteiger partial charge on any atom is 0.268 e. The zero-order valence-electron chi connectivity index (χ0n) is 10.7. The smallest absolute Gasteiger partial charge is 0.268 e. The number of fused-ring (bicyclic) bond motifs is 1. The van der Waals surface area contributed by atoms with Crippen LogP contribution in [0.2, 0.25) is 0 Å². The summed E-state index contributed by atoms with van der Waals surface area (Å²) in [4.78, 5) is 14.1. The number of nitrogens with zero attached hydrogens (tertiary/aromatic N) is 1. The molecule has 0 saturated carbocycles. The first-order valence-electron chi connectivity index (χ1n) is 6.33. The molecule has 3 heteroatoms. The number of para-hydroxylation sites is 2. The molecule has 0 aromatic heterocycles. The molecule has 96 valence electrons. The van der Waals surface area contributed by atoms with E-state index in [0.717, 1.165) is 17.0 Å². The van der Waals surface area contributed by atoms with E-state index in [1.165, 1.54) is 0 Å². The van der Waals surface area contributed by atoms with Gasteiger partial charge in [-0.1, -0.05) is 36.4 Å². The number of likely N-dealkylation sites (N-methyl/N-ethyl adjacent to an activating group) is 1. The molecule has 1 atom stereocenters. The van der Waals surface area contributed by atoms with E-state index >= 15 is 0 Å². The lowest BCUT2D eigenvalue weighted by Gasteiger charge is -2.20. The van der Waals surface area contributed by atoms with Crippen molar-refractivity contribution >= 4 is 11.6 Å². The van der Waals surface area contributed by atoms with E-state index in [2.05, 4.69) is 0 Å². The second-order valence-electron chi connectivity index (χ2n) is 4.65. The second-order valence-corrected chi connectivity index (χ2v) is 4.65. The van der Waals surface area contributed by atoms with Crippen LogP contribution in [0, 0.1) is 0 Å². The van der Waals surface area contributed by atoms with Crippen LogP contribution in [-0.2, 0) is 11.2 Å². The van der Waals surface area contributed by atoms with Crippen molar-refractivity contribution in [2.24, 2.45) is 0 Å². The summed E-state index contributed by atoms with van der Waals surface area (Å²) in [5, 5.41) is 0. The molecule has 0 bridgehead atoms. The molecule has 0 aliphatic carbocycles. The fourth-order valence-corrected chi connectivity index (χ4v) is 2.31. The fourth-order valence-electron chi connectivity index (χ4n) is 2.31. The minimum atomic E-state index is -0.414. The molecule has 1 aliphatic heterocycles. The van der Waals surface area contributed by atoms with Crippen LogP contribution in [0.3, 0.4) is 0 Å². The number of anilines is 1. The zero-order valence-corrected chi connectivity index (χ0v) is 10.7. The number of hydrogen-bond donors (Lipinski definition) is 0. The molecule has 3 nitrogen and oxygen atoms in total. The monoisotopic (exact) mass is 253 g/mol. The highest BCUT2D eigenvalue weighted by molar-refractivity contribution is 5.96.